The summed E-state index contributed by atoms with van der Waals surface area (Å²) in [6, 6.07) is 1.69. The number of aliphatic carboxylic acids is 1. The van der Waals surface area contributed by atoms with Gasteiger partial charge in [0.2, 0.25) is 5.95 Å². The number of anilines is 1. The van der Waals surface area contributed by atoms with Crippen molar-refractivity contribution in [3.63, 3.8) is 0 Å². The van der Waals surface area contributed by atoms with Crippen LogP contribution in [0.4, 0.5) is 5.95 Å². The van der Waals surface area contributed by atoms with Crippen molar-refractivity contribution in [2.75, 3.05) is 11.5 Å². The van der Waals surface area contributed by atoms with Gasteiger partial charge in [-0.25, -0.2) is 0 Å². The van der Waals surface area contributed by atoms with Gasteiger partial charge in [0, 0.05) is 6.07 Å². The fourth-order valence-electron chi connectivity index (χ4n) is 1.16. The zero-order valence-electron chi connectivity index (χ0n) is 8.61. The van der Waals surface area contributed by atoms with E-state index in [2.05, 4.69) is 15.4 Å². The molecule has 0 unspecified atom stereocenters. The van der Waals surface area contributed by atoms with Crippen LogP contribution >= 0.6 is 11.8 Å². The van der Waals surface area contributed by atoms with Gasteiger partial charge < -0.3 is 15.4 Å². The molecule has 0 aliphatic rings. The number of rotatable bonds is 5. The summed E-state index contributed by atoms with van der Waals surface area (Å²) in [6.45, 7) is 0.345. The van der Waals surface area contributed by atoms with E-state index in [1.807, 2.05) is 0 Å². The molecule has 0 aromatic carbocycles. The highest BCUT2D eigenvalue weighted by Gasteiger charge is 2.13. The van der Waals surface area contributed by atoms with Crippen LogP contribution in [0.3, 0.4) is 0 Å². The minimum Gasteiger partial charge on any atom is -0.481 e. The lowest BCUT2D eigenvalue weighted by molar-refractivity contribution is -0.133. The molecule has 9 heteroatoms. The van der Waals surface area contributed by atoms with Gasteiger partial charge in [-0.15, -0.1) is 10.2 Å². The Morgan fingerprint density at radius 1 is 1.59 bits per heavy atom. The average molecular weight is 255 g/mol. The maximum absolute atomic E-state index is 10.5. The zero-order valence-corrected chi connectivity index (χ0v) is 9.42. The number of aromatic nitrogens is 4. The predicted octanol–water partition coefficient (Wildman–Crippen LogP) is 0.0733. The number of nitrogens with two attached hydrogens (primary N) is 1. The summed E-state index contributed by atoms with van der Waals surface area (Å²) in [7, 11) is 0. The van der Waals surface area contributed by atoms with Crippen LogP contribution in [0.25, 0.3) is 0 Å². The van der Waals surface area contributed by atoms with Crippen molar-refractivity contribution in [1.82, 2.24) is 19.9 Å². The van der Waals surface area contributed by atoms with E-state index in [9.17, 15) is 4.79 Å². The maximum atomic E-state index is 10.5. The molecule has 0 aliphatic carbocycles. The van der Waals surface area contributed by atoms with Crippen LogP contribution in [0.1, 0.15) is 5.69 Å². The minimum absolute atomic E-state index is 0.100. The molecule has 17 heavy (non-hydrogen) atoms. The molecule has 0 saturated carbocycles. The van der Waals surface area contributed by atoms with Gasteiger partial charge in [0.15, 0.2) is 5.16 Å². The number of thioether (sulfide) groups is 1. The molecule has 2 heterocycles. The molecule has 0 atom stereocenters. The largest absolute Gasteiger partial charge is 0.481 e. The molecule has 0 amide bonds. The Bertz CT molecular complexity index is 509. The number of carboxylic acid groups (broad SMARTS) is 1. The molecular formula is C8H9N5O3S. The van der Waals surface area contributed by atoms with Crippen molar-refractivity contribution >= 4 is 23.7 Å². The molecule has 2 aromatic rings. The molecule has 90 valence electrons. The predicted molar refractivity (Wildman–Crippen MR) is 58.4 cm³/mol. The SMILES string of the molecule is Nc1nnc(SCC(=O)O)n1Cc1ccon1. The van der Waals surface area contributed by atoms with Gasteiger partial charge in [-0.1, -0.05) is 16.9 Å². The van der Waals surface area contributed by atoms with Crippen LogP contribution in [-0.4, -0.2) is 36.7 Å². The molecule has 3 N–H and O–H groups in total. The Kier molecular flexibility index (Phi) is 3.28. The number of hydrogen-bond acceptors (Lipinski definition) is 7. The van der Waals surface area contributed by atoms with E-state index in [0.717, 1.165) is 11.8 Å². The van der Waals surface area contributed by atoms with Crippen molar-refractivity contribution in [2.24, 2.45) is 0 Å². The zero-order chi connectivity index (χ0) is 12.3. The fourth-order valence-corrected chi connectivity index (χ4v) is 1.83. The van der Waals surface area contributed by atoms with E-state index < -0.39 is 5.97 Å². The van der Waals surface area contributed by atoms with Gasteiger partial charge in [-0.2, -0.15) is 0 Å². The van der Waals surface area contributed by atoms with Gasteiger partial charge in [0.25, 0.3) is 0 Å². The lowest BCUT2D eigenvalue weighted by atomic mass is 10.4. The van der Waals surface area contributed by atoms with Crippen LogP contribution in [0.5, 0.6) is 0 Å². The van der Waals surface area contributed by atoms with Gasteiger partial charge in [-0.3, -0.25) is 9.36 Å². The lowest BCUT2D eigenvalue weighted by Crippen LogP contribution is -2.07. The number of hydrogen-bond donors (Lipinski definition) is 2. The highest BCUT2D eigenvalue weighted by molar-refractivity contribution is 7.99. The van der Waals surface area contributed by atoms with Crippen LogP contribution in [-0.2, 0) is 11.3 Å². The summed E-state index contributed by atoms with van der Waals surface area (Å²) in [5.74, 6) is -0.817. The van der Waals surface area contributed by atoms with Crippen LogP contribution in [0.2, 0.25) is 0 Å². The van der Waals surface area contributed by atoms with E-state index in [-0.39, 0.29) is 11.7 Å². The first-order chi connectivity index (χ1) is 8.16. The highest BCUT2D eigenvalue weighted by Crippen LogP contribution is 2.18. The molecule has 2 rings (SSSR count). The lowest BCUT2D eigenvalue weighted by Gasteiger charge is -2.04. The second-order valence-electron chi connectivity index (χ2n) is 3.10. The topological polar surface area (TPSA) is 120 Å². The summed E-state index contributed by atoms with van der Waals surface area (Å²) < 4.78 is 6.27. The standard InChI is InChI=1S/C8H9N5O3S/c9-7-10-11-8(17-4-6(14)15)13(7)3-5-1-2-16-12-5/h1-2H,3-4H2,(H2,9,10)(H,14,15). The smallest absolute Gasteiger partial charge is 0.313 e. The van der Waals surface area contributed by atoms with Gasteiger partial charge in [0.1, 0.15) is 12.0 Å². The Balaban J connectivity index is 2.14. The normalized spacial score (nSPS) is 10.6. The highest BCUT2D eigenvalue weighted by atomic mass is 32.2. The third-order valence-electron chi connectivity index (χ3n) is 1.88. The van der Waals surface area contributed by atoms with Crippen molar-refractivity contribution in [3.8, 4) is 0 Å². The second kappa shape index (κ2) is 4.87. The number of nitrogen functional groups attached to an aromatic ring is 1. The minimum atomic E-state index is -0.926. The third kappa shape index (κ3) is 2.75. The van der Waals surface area contributed by atoms with Gasteiger partial charge in [-0.05, 0) is 0 Å². The first-order valence-electron chi connectivity index (χ1n) is 4.59. The number of carbonyl (C=O) groups is 1. The Labute approximate surface area is 99.8 Å². The van der Waals surface area contributed by atoms with E-state index in [1.54, 1.807) is 10.6 Å². The van der Waals surface area contributed by atoms with Crippen molar-refractivity contribution < 1.29 is 14.4 Å². The van der Waals surface area contributed by atoms with Gasteiger partial charge in [0.05, 0.1) is 12.3 Å². The third-order valence-corrected chi connectivity index (χ3v) is 2.83. The fraction of sp³-hybridized carbons (Fsp3) is 0.250. The molecule has 0 fully saturated rings. The number of nitrogens with zero attached hydrogens (tertiary/aromatic N) is 4. The number of carboxylic acids is 1. The molecule has 0 bridgehead atoms. The first kappa shape index (κ1) is 11.5. The summed E-state index contributed by atoms with van der Waals surface area (Å²) in [5.41, 5.74) is 6.30. The summed E-state index contributed by atoms with van der Waals surface area (Å²) >= 11 is 1.05. The quantitative estimate of drug-likeness (QED) is 0.720. The summed E-state index contributed by atoms with van der Waals surface area (Å²) in [5, 5.41) is 20.3. The van der Waals surface area contributed by atoms with E-state index >= 15 is 0 Å². The Morgan fingerprint density at radius 3 is 3.06 bits per heavy atom. The second-order valence-corrected chi connectivity index (χ2v) is 4.04. The van der Waals surface area contributed by atoms with Crippen LogP contribution in [0, 0.1) is 0 Å². The Hall–Kier alpha value is -2.03. The van der Waals surface area contributed by atoms with E-state index in [1.165, 1.54) is 6.26 Å². The molecule has 2 aromatic heterocycles. The molecule has 8 nitrogen and oxygen atoms in total. The average Bonchev–Trinajstić information content (AvgIpc) is 2.89. The van der Waals surface area contributed by atoms with E-state index in [0.29, 0.717) is 17.4 Å². The van der Waals surface area contributed by atoms with Gasteiger partial charge >= 0.3 is 5.97 Å². The van der Waals surface area contributed by atoms with E-state index in [4.69, 9.17) is 15.4 Å². The first-order valence-corrected chi connectivity index (χ1v) is 5.58. The van der Waals surface area contributed by atoms with Crippen molar-refractivity contribution in [3.05, 3.63) is 18.0 Å². The molecular weight excluding hydrogens is 246 g/mol. The van der Waals surface area contributed by atoms with Crippen LogP contribution in [0.15, 0.2) is 22.0 Å². The molecule has 0 aliphatic heterocycles. The monoisotopic (exact) mass is 255 g/mol. The Morgan fingerprint density at radius 2 is 2.41 bits per heavy atom. The van der Waals surface area contributed by atoms with Crippen LogP contribution < -0.4 is 5.73 Å². The molecule has 0 radical (unpaired) electrons. The summed E-state index contributed by atoms with van der Waals surface area (Å²) in [6.07, 6.45) is 1.44. The van der Waals surface area contributed by atoms with Crippen molar-refractivity contribution in [1.29, 1.82) is 0 Å². The summed E-state index contributed by atoms with van der Waals surface area (Å²) in [4.78, 5) is 10.5. The van der Waals surface area contributed by atoms with Crippen molar-refractivity contribution in [2.45, 2.75) is 11.7 Å². The maximum Gasteiger partial charge on any atom is 0.313 e. The molecule has 0 spiro atoms. The molecule has 0 saturated heterocycles.